The Morgan fingerprint density at radius 2 is 2.11 bits per heavy atom. The van der Waals surface area contributed by atoms with Crippen LogP contribution in [-0.2, 0) is 0 Å². The van der Waals surface area contributed by atoms with Crippen molar-refractivity contribution in [2.45, 2.75) is 33.2 Å². The summed E-state index contributed by atoms with van der Waals surface area (Å²) in [5.74, 6) is 6.54. The molecular weight excluding hydrogens is 246 g/mol. The number of pyridine rings is 1. The number of anilines is 2. The molecular formula is C12H21N5O2. The lowest BCUT2D eigenvalue weighted by Crippen LogP contribution is -2.31. The summed E-state index contributed by atoms with van der Waals surface area (Å²) in [7, 11) is 1.81. The Kier molecular flexibility index (Phi) is 5.05. The van der Waals surface area contributed by atoms with Crippen LogP contribution >= 0.6 is 0 Å². The van der Waals surface area contributed by atoms with Crippen LogP contribution < -0.4 is 16.2 Å². The van der Waals surface area contributed by atoms with Gasteiger partial charge in [0.2, 0.25) is 5.82 Å². The van der Waals surface area contributed by atoms with E-state index in [1.807, 2.05) is 18.9 Å². The fourth-order valence-corrected chi connectivity index (χ4v) is 1.97. The lowest BCUT2D eigenvalue weighted by atomic mass is 10.0. The Labute approximate surface area is 112 Å². The first kappa shape index (κ1) is 15.2. The minimum absolute atomic E-state index is 0.0166. The Hall–Kier alpha value is -1.89. The van der Waals surface area contributed by atoms with Gasteiger partial charge in [0, 0.05) is 19.2 Å². The summed E-state index contributed by atoms with van der Waals surface area (Å²) in [6.07, 6.45) is 0.926. The molecule has 0 saturated heterocycles. The van der Waals surface area contributed by atoms with Crippen LogP contribution in [0.1, 0.15) is 27.2 Å². The SMILES string of the molecule is CC(C)CC(C)N(C)c1nc(NN)ccc1[N+](=O)[O-]. The molecule has 7 nitrogen and oxygen atoms in total. The zero-order chi connectivity index (χ0) is 14.6. The van der Waals surface area contributed by atoms with Crippen LogP contribution in [0.2, 0.25) is 0 Å². The molecule has 0 aliphatic heterocycles. The average molecular weight is 267 g/mol. The molecule has 0 aliphatic rings. The summed E-state index contributed by atoms with van der Waals surface area (Å²) >= 11 is 0. The number of nitrogen functional groups attached to an aromatic ring is 1. The predicted molar refractivity (Wildman–Crippen MR) is 76.0 cm³/mol. The van der Waals surface area contributed by atoms with E-state index in [0.29, 0.717) is 17.6 Å². The van der Waals surface area contributed by atoms with Crippen molar-refractivity contribution in [3.05, 3.63) is 22.2 Å². The maximum absolute atomic E-state index is 11.1. The van der Waals surface area contributed by atoms with E-state index >= 15 is 0 Å². The third-order valence-electron chi connectivity index (χ3n) is 3.01. The van der Waals surface area contributed by atoms with Crippen molar-refractivity contribution in [2.75, 3.05) is 17.4 Å². The van der Waals surface area contributed by atoms with Crippen LogP contribution in [-0.4, -0.2) is 23.0 Å². The quantitative estimate of drug-likeness (QED) is 0.465. The summed E-state index contributed by atoms with van der Waals surface area (Å²) in [5.41, 5.74) is 2.39. The van der Waals surface area contributed by atoms with E-state index in [1.165, 1.54) is 12.1 Å². The third kappa shape index (κ3) is 3.78. The largest absolute Gasteiger partial charge is 0.351 e. The second-order valence-electron chi connectivity index (χ2n) is 5.03. The van der Waals surface area contributed by atoms with E-state index < -0.39 is 4.92 Å². The summed E-state index contributed by atoms with van der Waals surface area (Å²) in [6, 6.07) is 3.05. The standard InChI is InChI=1S/C12H21N5O2/c1-8(2)7-9(3)16(4)12-10(17(18)19)5-6-11(14-12)15-13/h5-6,8-9H,7,13H2,1-4H3,(H,14,15). The number of hydrogen-bond donors (Lipinski definition) is 2. The molecule has 0 fully saturated rings. The van der Waals surface area contributed by atoms with Gasteiger partial charge >= 0.3 is 5.69 Å². The molecule has 1 atom stereocenters. The first-order valence-corrected chi connectivity index (χ1v) is 6.21. The van der Waals surface area contributed by atoms with Gasteiger partial charge in [0.15, 0.2) is 0 Å². The highest BCUT2D eigenvalue weighted by atomic mass is 16.6. The Morgan fingerprint density at radius 3 is 2.58 bits per heavy atom. The van der Waals surface area contributed by atoms with Gasteiger partial charge in [-0.3, -0.25) is 10.1 Å². The molecule has 0 amide bonds. The van der Waals surface area contributed by atoms with Gasteiger partial charge in [-0.2, -0.15) is 0 Å². The van der Waals surface area contributed by atoms with Crippen molar-refractivity contribution in [1.29, 1.82) is 0 Å². The molecule has 1 heterocycles. The van der Waals surface area contributed by atoms with Gasteiger partial charge in [-0.05, 0) is 25.3 Å². The van der Waals surface area contributed by atoms with Crippen molar-refractivity contribution in [2.24, 2.45) is 11.8 Å². The maximum atomic E-state index is 11.1. The summed E-state index contributed by atoms with van der Waals surface area (Å²) in [4.78, 5) is 16.6. The van der Waals surface area contributed by atoms with Crippen molar-refractivity contribution in [3.8, 4) is 0 Å². The molecule has 1 aromatic heterocycles. The maximum Gasteiger partial charge on any atom is 0.311 e. The molecule has 0 spiro atoms. The molecule has 19 heavy (non-hydrogen) atoms. The number of aromatic nitrogens is 1. The molecule has 106 valence electrons. The minimum atomic E-state index is -0.429. The average Bonchev–Trinajstić information content (AvgIpc) is 2.36. The fourth-order valence-electron chi connectivity index (χ4n) is 1.97. The predicted octanol–water partition coefficient (Wildman–Crippen LogP) is 2.15. The number of hydrogen-bond acceptors (Lipinski definition) is 6. The first-order chi connectivity index (χ1) is 8.86. The Morgan fingerprint density at radius 1 is 1.47 bits per heavy atom. The van der Waals surface area contributed by atoms with Crippen LogP contribution in [0.4, 0.5) is 17.3 Å². The zero-order valence-electron chi connectivity index (χ0n) is 11.8. The number of nitrogens with one attached hydrogen (secondary N) is 1. The smallest absolute Gasteiger partial charge is 0.311 e. The lowest BCUT2D eigenvalue weighted by Gasteiger charge is -2.27. The molecule has 0 saturated carbocycles. The van der Waals surface area contributed by atoms with Crippen LogP contribution in [0.25, 0.3) is 0 Å². The van der Waals surface area contributed by atoms with Crippen molar-refractivity contribution < 1.29 is 4.92 Å². The normalized spacial score (nSPS) is 12.3. The molecule has 0 bridgehead atoms. The van der Waals surface area contributed by atoms with Crippen LogP contribution in [0, 0.1) is 16.0 Å². The van der Waals surface area contributed by atoms with Gasteiger partial charge in [-0.25, -0.2) is 10.8 Å². The number of rotatable bonds is 6. The second kappa shape index (κ2) is 6.33. The number of hydrazine groups is 1. The van der Waals surface area contributed by atoms with E-state index in [0.717, 1.165) is 6.42 Å². The van der Waals surface area contributed by atoms with Crippen molar-refractivity contribution in [3.63, 3.8) is 0 Å². The molecule has 1 rings (SSSR count). The topological polar surface area (TPSA) is 97.3 Å². The van der Waals surface area contributed by atoms with Crippen molar-refractivity contribution >= 4 is 17.3 Å². The van der Waals surface area contributed by atoms with E-state index in [9.17, 15) is 10.1 Å². The van der Waals surface area contributed by atoms with E-state index in [4.69, 9.17) is 5.84 Å². The van der Waals surface area contributed by atoms with E-state index in [1.54, 1.807) is 0 Å². The molecule has 0 radical (unpaired) electrons. The number of nitrogens with zero attached hydrogens (tertiary/aromatic N) is 3. The number of nitrogens with two attached hydrogens (primary N) is 1. The monoisotopic (exact) mass is 267 g/mol. The minimum Gasteiger partial charge on any atom is -0.351 e. The van der Waals surface area contributed by atoms with Crippen molar-refractivity contribution in [1.82, 2.24) is 4.98 Å². The highest BCUT2D eigenvalue weighted by Crippen LogP contribution is 2.29. The number of nitro groups is 1. The van der Waals surface area contributed by atoms with E-state index in [-0.39, 0.29) is 11.7 Å². The van der Waals surface area contributed by atoms with Gasteiger partial charge < -0.3 is 10.3 Å². The third-order valence-corrected chi connectivity index (χ3v) is 3.01. The van der Waals surface area contributed by atoms with Gasteiger partial charge in [0.1, 0.15) is 5.82 Å². The van der Waals surface area contributed by atoms with Gasteiger partial charge in [-0.1, -0.05) is 13.8 Å². The van der Waals surface area contributed by atoms with Gasteiger partial charge in [0.25, 0.3) is 0 Å². The van der Waals surface area contributed by atoms with Gasteiger partial charge in [-0.15, -0.1) is 0 Å². The molecule has 1 unspecified atom stereocenters. The van der Waals surface area contributed by atoms with Gasteiger partial charge in [0.05, 0.1) is 4.92 Å². The summed E-state index contributed by atoms with van der Waals surface area (Å²) in [5, 5.41) is 11.1. The Bertz CT molecular complexity index is 450. The Balaban J connectivity index is 3.11. The van der Waals surface area contributed by atoms with E-state index in [2.05, 4.69) is 24.3 Å². The molecule has 0 aliphatic carbocycles. The fraction of sp³-hybridized carbons (Fsp3) is 0.583. The molecule has 7 heteroatoms. The second-order valence-corrected chi connectivity index (χ2v) is 5.03. The van der Waals surface area contributed by atoms with Crippen LogP contribution in [0.15, 0.2) is 12.1 Å². The van der Waals surface area contributed by atoms with Crippen LogP contribution in [0.3, 0.4) is 0 Å². The zero-order valence-corrected chi connectivity index (χ0v) is 11.8. The molecule has 0 aromatic carbocycles. The lowest BCUT2D eigenvalue weighted by molar-refractivity contribution is -0.384. The molecule has 3 N–H and O–H groups in total. The van der Waals surface area contributed by atoms with Crippen LogP contribution in [0.5, 0.6) is 0 Å². The molecule has 1 aromatic rings. The first-order valence-electron chi connectivity index (χ1n) is 6.21. The summed E-state index contributed by atoms with van der Waals surface area (Å²) in [6.45, 7) is 6.25. The highest BCUT2D eigenvalue weighted by Gasteiger charge is 2.23. The summed E-state index contributed by atoms with van der Waals surface area (Å²) < 4.78 is 0. The highest BCUT2D eigenvalue weighted by molar-refractivity contribution is 5.61.